The number of furan rings is 1. The minimum atomic E-state index is -0.267. The van der Waals surface area contributed by atoms with Gasteiger partial charge in [-0.25, -0.2) is 0 Å². The average molecular weight is 302 g/mol. The number of benzene rings is 1. The largest absolute Gasteiger partial charge is 0.466 e. The Labute approximate surface area is 131 Å². The molecule has 0 radical (unpaired) electrons. The van der Waals surface area contributed by atoms with Gasteiger partial charge in [0.2, 0.25) is 0 Å². The lowest BCUT2D eigenvalue weighted by molar-refractivity contribution is -0.142. The lowest BCUT2D eigenvalue weighted by atomic mass is 10.2. The Morgan fingerprint density at radius 3 is 2.59 bits per heavy atom. The topological polar surface area (TPSA) is 48.7 Å². The van der Waals surface area contributed by atoms with E-state index in [4.69, 9.17) is 13.9 Å². The Balaban J connectivity index is 1.78. The number of rotatable bonds is 8. The lowest BCUT2D eigenvalue weighted by Crippen LogP contribution is -2.11. The van der Waals surface area contributed by atoms with Crippen LogP contribution in [0.25, 0.3) is 0 Å². The number of hydrogen-bond donors (Lipinski definition) is 0. The molecule has 0 N–H and O–H groups in total. The Morgan fingerprint density at radius 2 is 1.86 bits per heavy atom. The van der Waals surface area contributed by atoms with Crippen molar-refractivity contribution in [1.82, 2.24) is 0 Å². The molecule has 0 aliphatic rings. The fraction of sp³-hybridized carbons (Fsp3) is 0.389. The van der Waals surface area contributed by atoms with E-state index in [0.29, 0.717) is 25.4 Å². The highest BCUT2D eigenvalue weighted by Crippen LogP contribution is 2.13. The second-order valence-electron chi connectivity index (χ2n) is 5.16. The number of carbonyl (C=O) groups excluding carboxylic acids is 1. The van der Waals surface area contributed by atoms with E-state index in [1.165, 1.54) is 0 Å². The van der Waals surface area contributed by atoms with Gasteiger partial charge in [-0.05, 0) is 31.5 Å². The third kappa shape index (κ3) is 5.37. The second-order valence-corrected chi connectivity index (χ2v) is 5.16. The molecule has 1 unspecified atom stereocenters. The first-order valence-corrected chi connectivity index (χ1v) is 7.56. The summed E-state index contributed by atoms with van der Waals surface area (Å²) >= 11 is 0. The van der Waals surface area contributed by atoms with E-state index in [9.17, 15) is 4.79 Å². The predicted molar refractivity (Wildman–Crippen MR) is 83.4 cm³/mol. The maximum Gasteiger partial charge on any atom is 0.313 e. The number of ether oxygens (including phenoxy) is 2. The normalized spacial score (nSPS) is 12.1. The Kier molecular flexibility index (Phi) is 6.22. The van der Waals surface area contributed by atoms with Crippen molar-refractivity contribution < 1.29 is 18.7 Å². The molecular formula is C18H22O4. The van der Waals surface area contributed by atoms with E-state index in [1.54, 1.807) is 6.92 Å². The molecule has 0 amide bonds. The molecule has 0 saturated carbocycles. The second kappa shape index (κ2) is 8.39. The summed E-state index contributed by atoms with van der Waals surface area (Å²) < 4.78 is 16.4. The zero-order chi connectivity index (χ0) is 15.8. The van der Waals surface area contributed by atoms with Gasteiger partial charge in [-0.2, -0.15) is 0 Å². The van der Waals surface area contributed by atoms with Crippen LogP contribution in [0.3, 0.4) is 0 Å². The zero-order valence-electron chi connectivity index (χ0n) is 13.1. The van der Waals surface area contributed by atoms with Gasteiger partial charge >= 0.3 is 5.97 Å². The zero-order valence-corrected chi connectivity index (χ0v) is 13.1. The van der Waals surface area contributed by atoms with Crippen LogP contribution in [-0.2, 0) is 33.7 Å². The quantitative estimate of drug-likeness (QED) is 0.700. The van der Waals surface area contributed by atoms with Gasteiger partial charge in [-0.3, -0.25) is 4.79 Å². The van der Waals surface area contributed by atoms with E-state index >= 15 is 0 Å². The summed E-state index contributed by atoms with van der Waals surface area (Å²) in [4.78, 5) is 11.4. The molecule has 4 nitrogen and oxygen atoms in total. The van der Waals surface area contributed by atoms with Crippen LogP contribution in [0.1, 0.15) is 30.9 Å². The van der Waals surface area contributed by atoms with E-state index in [-0.39, 0.29) is 18.5 Å². The standard InChI is InChI=1S/C18H22O4/c1-3-20-18(19)12-17-10-9-16(22-17)11-14(2)21-13-15-7-5-4-6-8-15/h4-10,14H,3,11-13H2,1-2H3. The first-order valence-electron chi connectivity index (χ1n) is 7.56. The van der Waals surface area contributed by atoms with Crippen molar-refractivity contribution in [3.8, 4) is 0 Å². The van der Waals surface area contributed by atoms with Crippen LogP contribution < -0.4 is 0 Å². The fourth-order valence-corrected chi connectivity index (χ4v) is 2.14. The monoisotopic (exact) mass is 302 g/mol. The first-order chi connectivity index (χ1) is 10.7. The van der Waals surface area contributed by atoms with Gasteiger partial charge in [-0.15, -0.1) is 0 Å². The van der Waals surface area contributed by atoms with Crippen LogP contribution in [0.5, 0.6) is 0 Å². The average Bonchev–Trinajstić information content (AvgIpc) is 2.93. The van der Waals surface area contributed by atoms with Crippen molar-refractivity contribution in [1.29, 1.82) is 0 Å². The summed E-state index contributed by atoms with van der Waals surface area (Å²) in [5.41, 5.74) is 1.15. The highest BCUT2D eigenvalue weighted by atomic mass is 16.5. The molecule has 0 saturated heterocycles. The SMILES string of the molecule is CCOC(=O)Cc1ccc(CC(C)OCc2ccccc2)o1. The molecule has 22 heavy (non-hydrogen) atoms. The molecule has 1 heterocycles. The van der Waals surface area contributed by atoms with Crippen molar-refractivity contribution in [2.75, 3.05) is 6.61 Å². The number of carbonyl (C=O) groups is 1. The Morgan fingerprint density at radius 1 is 1.14 bits per heavy atom. The molecule has 0 spiro atoms. The molecule has 118 valence electrons. The van der Waals surface area contributed by atoms with Gasteiger partial charge in [-0.1, -0.05) is 30.3 Å². The molecule has 2 rings (SSSR count). The molecule has 2 aromatic rings. The van der Waals surface area contributed by atoms with Crippen molar-refractivity contribution in [3.63, 3.8) is 0 Å². The minimum Gasteiger partial charge on any atom is -0.466 e. The van der Waals surface area contributed by atoms with Gasteiger partial charge < -0.3 is 13.9 Å². The fourth-order valence-electron chi connectivity index (χ4n) is 2.14. The van der Waals surface area contributed by atoms with E-state index in [1.807, 2.05) is 49.4 Å². The molecule has 1 atom stereocenters. The number of hydrogen-bond acceptors (Lipinski definition) is 4. The molecule has 1 aromatic heterocycles. The van der Waals surface area contributed by atoms with Crippen molar-refractivity contribution in [2.45, 2.75) is 39.4 Å². The van der Waals surface area contributed by atoms with Crippen LogP contribution in [0.15, 0.2) is 46.9 Å². The maximum atomic E-state index is 11.4. The van der Waals surface area contributed by atoms with Crippen molar-refractivity contribution in [3.05, 3.63) is 59.5 Å². The summed E-state index contributed by atoms with van der Waals surface area (Å²) in [6.07, 6.45) is 0.893. The van der Waals surface area contributed by atoms with Gasteiger partial charge in [0.15, 0.2) is 0 Å². The van der Waals surface area contributed by atoms with Crippen molar-refractivity contribution in [2.24, 2.45) is 0 Å². The maximum absolute atomic E-state index is 11.4. The van der Waals surface area contributed by atoms with Gasteiger partial charge in [0, 0.05) is 6.42 Å². The summed E-state index contributed by atoms with van der Waals surface area (Å²) in [6, 6.07) is 13.8. The smallest absolute Gasteiger partial charge is 0.313 e. The third-order valence-electron chi connectivity index (χ3n) is 3.21. The van der Waals surface area contributed by atoms with E-state index in [0.717, 1.165) is 11.3 Å². The highest BCUT2D eigenvalue weighted by Gasteiger charge is 2.11. The summed E-state index contributed by atoms with van der Waals surface area (Å²) in [5.74, 6) is 1.18. The minimum absolute atomic E-state index is 0.0433. The van der Waals surface area contributed by atoms with Crippen molar-refractivity contribution >= 4 is 5.97 Å². The number of esters is 1. The van der Waals surface area contributed by atoms with Crippen LogP contribution in [0, 0.1) is 0 Å². The molecule has 0 aliphatic heterocycles. The van der Waals surface area contributed by atoms with Gasteiger partial charge in [0.1, 0.15) is 17.9 Å². The first kappa shape index (κ1) is 16.3. The summed E-state index contributed by atoms with van der Waals surface area (Å²) in [6.45, 7) is 4.77. The van der Waals surface area contributed by atoms with Crippen LogP contribution in [-0.4, -0.2) is 18.7 Å². The summed E-state index contributed by atoms with van der Waals surface area (Å²) in [7, 11) is 0. The Hall–Kier alpha value is -2.07. The Bertz CT molecular complexity index is 574. The third-order valence-corrected chi connectivity index (χ3v) is 3.21. The molecule has 4 heteroatoms. The van der Waals surface area contributed by atoms with Crippen LogP contribution in [0.4, 0.5) is 0 Å². The van der Waals surface area contributed by atoms with E-state index in [2.05, 4.69) is 0 Å². The lowest BCUT2D eigenvalue weighted by Gasteiger charge is -2.11. The molecule has 0 fully saturated rings. The van der Waals surface area contributed by atoms with Crippen LogP contribution in [0.2, 0.25) is 0 Å². The molecule has 0 bridgehead atoms. The highest BCUT2D eigenvalue weighted by molar-refractivity contribution is 5.71. The van der Waals surface area contributed by atoms with Gasteiger partial charge in [0.25, 0.3) is 0 Å². The van der Waals surface area contributed by atoms with E-state index < -0.39 is 0 Å². The molecule has 1 aromatic carbocycles. The molecular weight excluding hydrogens is 280 g/mol. The van der Waals surface area contributed by atoms with Crippen LogP contribution >= 0.6 is 0 Å². The predicted octanol–water partition coefficient (Wildman–Crippen LogP) is 3.53. The van der Waals surface area contributed by atoms with Gasteiger partial charge in [0.05, 0.1) is 19.3 Å². The summed E-state index contributed by atoms with van der Waals surface area (Å²) in [5, 5.41) is 0. The molecule has 0 aliphatic carbocycles.